The van der Waals surface area contributed by atoms with E-state index in [2.05, 4.69) is 16.3 Å². The van der Waals surface area contributed by atoms with Gasteiger partial charge in [0.15, 0.2) is 0 Å². The Kier molecular flexibility index (Phi) is 3.76. The van der Waals surface area contributed by atoms with Gasteiger partial charge in [0.25, 0.3) is 5.91 Å². The van der Waals surface area contributed by atoms with Crippen LogP contribution in [0.4, 0.5) is 0 Å². The van der Waals surface area contributed by atoms with Crippen LogP contribution in [0, 0.1) is 0 Å². The van der Waals surface area contributed by atoms with E-state index >= 15 is 0 Å². The molecule has 0 saturated carbocycles. The van der Waals surface area contributed by atoms with Gasteiger partial charge >= 0.3 is 0 Å². The van der Waals surface area contributed by atoms with E-state index < -0.39 is 0 Å². The summed E-state index contributed by atoms with van der Waals surface area (Å²) in [5, 5.41) is 3.61. The maximum Gasteiger partial charge on any atom is 0.264 e. The maximum atomic E-state index is 13.0. The van der Waals surface area contributed by atoms with Crippen molar-refractivity contribution in [3.63, 3.8) is 0 Å². The number of fused-ring (bicyclic) bond motifs is 1. The van der Waals surface area contributed by atoms with Crippen LogP contribution in [-0.2, 0) is 12.8 Å². The third kappa shape index (κ3) is 2.53. The van der Waals surface area contributed by atoms with E-state index in [1.165, 1.54) is 61.8 Å². The van der Waals surface area contributed by atoms with Crippen LogP contribution >= 0.6 is 11.3 Å². The first-order valence-corrected chi connectivity index (χ1v) is 9.30. The lowest BCUT2D eigenvalue weighted by atomic mass is 9.94. The molecule has 3 aliphatic rings. The first kappa shape index (κ1) is 13.8. The van der Waals surface area contributed by atoms with Crippen molar-refractivity contribution in [2.75, 3.05) is 13.1 Å². The average Bonchev–Trinajstić information content (AvgIpc) is 3.22. The Balaban J connectivity index is 1.55. The van der Waals surface area contributed by atoms with Gasteiger partial charge in [-0.1, -0.05) is 0 Å². The fourth-order valence-corrected chi connectivity index (χ4v) is 5.45. The van der Waals surface area contributed by atoms with E-state index in [1.807, 2.05) is 0 Å². The quantitative estimate of drug-likeness (QED) is 0.911. The molecular formula is C17H24N2OS. The third-order valence-corrected chi connectivity index (χ3v) is 6.56. The first-order valence-electron chi connectivity index (χ1n) is 8.49. The SMILES string of the molecule is O=C(c1cc2c(s1)CCC2)N1CCCCC1C1CCCN1. The second kappa shape index (κ2) is 5.73. The van der Waals surface area contributed by atoms with E-state index in [-0.39, 0.29) is 0 Å². The van der Waals surface area contributed by atoms with Gasteiger partial charge in [0.05, 0.1) is 4.88 Å². The topological polar surface area (TPSA) is 32.3 Å². The molecule has 114 valence electrons. The van der Waals surface area contributed by atoms with Crippen LogP contribution in [0.15, 0.2) is 6.07 Å². The van der Waals surface area contributed by atoms with Crippen LogP contribution in [0.3, 0.4) is 0 Å². The fraction of sp³-hybridized carbons (Fsp3) is 0.706. The van der Waals surface area contributed by atoms with Crippen LogP contribution in [-0.4, -0.2) is 36.0 Å². The molecule has 4 heteroatoms. The van der Waals surface area contributed by atoms with Crippen LogP contribution < -0.4 is 5.32 Å². The number of hydrogen-bond donors (Lipinski definition) is 1. The minimum atomic E-state index is 0.299. The van der Waals surface area contributed by atoms with E-state index in [0.717, 1.165) is 18.0 Å². The molecule has 1 aromatic rings. The normalized spacial score (nSPS) is 28.9. The van der Waals surface area contributed by atoms with Gasteiger partial charge in [-0.15, -0.1) is 11.3 Å². The number of amides is 1. The standard InChI is InChI=1S/C17H24N2OS/c20-17(16-11-12-5-3-8-15(12)21-16)19-10-2-1-7-14(19)13-6-4-9-18-13/h11,13-14,18H,1-10H2. The van der Waals surface area contributed by atoms with Gasteiger partial charge in [-0.25, -0.2) is 0 Å². The first-order chi connectivity index (χ1) is 10.3. The second-order valence-electron chi connectivity index (χ2n) is 6.68. The zero-order valence-electron chi connectivity index (χ0n) is 12.6. The summed E-state index contributed by atoms with van der Waals surface area (Å²) in [5.74, 6) is 0.299. The Labute approximate surface area is 130 Å². The zero-order valence-corrected chi connectivity index (χ0v) is 13.4. The Morgan fingerprint density at radius 3 is 2.95 bits per heavy atom. The Morgan fingerprint density at radius 1 is 1.19 bits per heavy atom. The molecular weight excluding hydrogens is 280 g/mol. The summed E-state index contributed by atoms with van der Waals surface area (Å²) in [5.41, 5.74) is 1.44. The molecule has 2 fully saturated rings. The van der Waals surface area contributed by atoms with Crippen molar-refractivity contribution in [3.05, 3.63) is 21.4 Å². The van der Waals surface area contributed by atoms with Gasteiger partial charge in [0.1, 0.15) is 0 Å². The predicted octanol–water partition coefficient (Wildman–Crippen LogP) is 2.98. The number of nitrogens with one attached hydrogen (secondary N) is 1. The van der Waals surface area contributed by atoms with Crippen LogP contribution in [0.5, 0.6) is 0 Å². The average molecular weight is 304 g/mol. The molecule has 0 radical (unpaired) electrons. The highest BCUT2D eigenvalue weighted by Gasteiger charge is 2.35. The molecule has 1 N–H and O–H groups in total. The number of carbonyl (C=O) groups excluding carboxylic acids is 1. The van der Waals surface area contributed by atoms with Crippen molar-refractivity contribution in [2.24, 2.45) is 0 Å². The monoisotopic (exact) mass is 304 g/mol. The van der Waals surface area contributed by atoms with E-state index in [0.29, 0.717) is 18.0 Å². The molecule has 0 aromatic carbocycles. The van der Waals surface area contributed by atoms with Crippen LogP contribution in [0.25, 0.3) is 0 Å². The van der Waals surface area contributed by atoms with Gasteiger partial charge in [0, 0.05) is 23.5 Å². The minimum Gasteiger partial charge on any atom is -0.333 e. The van der Waals surface area contributed by atoms with Gasteiger partial charge in [-0.2, -0.15) is 0 Å². The number of nitrogens with zero attached hydrogens (tertiary/aromatic N) is 1. The number of piperidine rings is 1. The summed E-state index contributed by atoms with van der Waals surface area (Å²) in [4.78, 5) is 17.6. The number of rotatable bonds is 2. The second-order valence-corrected chi connectivity index (χ2v) is 7.81. The fourth-order valence-electron chi connectivity index (χ4n) is 4.24. The molecule has 0 bridgehead atoms. The van der Waals surface area contributed by atoms with E-state index in [9.17, 15) is 4.79 Å². The smallest absolute Gasteiger partial charge is 0.264 e. The Hall–Kier alpha value is -0.870. The minimum absolute atomic E-state index is 0.299. The molecule has 3 nitrogen and oxygen atoms in total. The van der Waals surface area contributed by atoms with E-state index in [4.69, 9.17) is 0 Å². The van der Waals surface area contributed by atoms with Crippen molar-refractivity contribution in [1.29, 1.82) is 0 Å². The number of likely N-dealkylation sites (tertiary alicyclic amines) is 1. The highest BCUT2D eigenvalue weighted by molar-refractivity contribution is 7.14. The highest BCUT2D eigenvalue weighted by Crippen LogP contribution is 2.33. The highest BCUT2D eigenvalue weighted by atomic mass is 32.1. The summed E-state index contributed by atoms with van der Waals surface area (Å²) in [7, 11) is 0. The largest absolute Gasteiger partial charge is 0.333 e. The molecule has 0 spiro atoms. The molecule has 4 rings (SSSR count). The van der Waals surface area contributed by atoms with Crippen molar-refractivity contribution < 1.29 is 4.79 Å². The Bertz CT molecular complexity index is 511. The lowest BCUT2D eigenvalue weighted by molar-refractivity contribution is 0.0568. The molecule has 1 aromatic heterocycles. The molecule has 2 atom stereocenters. The van der Waals surface area contributed by atoms with Gasteiger partial charge in [0.2, 0.25) is 0 Å². The number of thiophene rings is 1. The third-order valence-electron chi connectivity index (χ3n) is 5.33. The van der Waals surface area contributed by atoms with Crippen molar-refractivity contribution >= 4 is 17.2 Å². The van der Waals surface area contributed by atoms with Crippen molar-refractivity contribution in [3.8, 4) is 0 Å². The molecule has 1 aliphatic carbocycles. The molecule has 2 unspecified atom stereocenters. The summed E-state index contributed by atoms with van der Waals surface area (Å²) < 4.78 is 0. The molecule has 3 heterocycles. The molecule has 2 saturated heterocycles. The summed E-state index contributed by atoms with van der Waals surface area (Å²) in [6.07, 6.45) is 9.73. The summed E-state index contributed by atoms with van der Waals surface area (Å²) in [6.45, 7) is 2.07. The summed E-state index contributed by atoms with van der Waals surface area (Å²) >= 11 is 1.76. The Morgan fingerprint density at radius 2 is 2.14 bits per heavy atom. The lowest BCUT2D eigenvalue weighted by Crippen LogP contribution is -2.52. The number of aryl methyl sites for hydroxylation is 2. The summed E-state index contributed by atoms with van der Waals surface area (Å²) in [6, 6.07) is 3.13. The zero-order chi connectivity index (χ0) is 14.2. The lowest BCUT2D eigenvalue weighted by Gasteiger charge is -2.39. The molecule has 2 aliphatic heterocycles. The number of hydrogen-bond acceptors (Lipinski definition) is 3. The maximum absolute atomic E-state index is 13.0. The van der Waals surface area contributed by atoms with Crippen molar-refractivity contribution in [1.82, 2.24) is 10.2 Å². The number of carbonyl (C=O) groups is 1. The predicted molar refractivity (Wildman–Crippen MR) is 86.0 cm³/mol. The molecule has 21 heavy (non-hydrogen) atoms. The van der Waals surface area contributed by atoms with Gasteiger partial charge in [-0.3, -0.25) is 4.79 Å². The van der Waals surface area contributed by atoms with Crippen LogP contribution in [0.2, 0.25) is 0 Å². The molecule has 1 amide bonds. The van der Waals surface area contributed by atoms with E-state index in [1.54, 1.807) is 11.3 Å². The van der Waals surface area contributed by atoms with Crippen LogP contribution in [0.1, 0.15) is 58.6 Å². The van der Waals surface area contributed by atoms with Gasteiger partial charge in [-0.05, 0) is 69.5 Å². The van der Waals surface area contributed by atoms with Gasteiger partial charge < -0.3 is 10.2 Å². The van der Waals surface area contributed by atoms with Crippen molar-refractivity contribution in [2.45, 2.75) is 63.5 Å².